The maximum Gasteiger partial charge on any atom is 0.165 e. The van der Waals surface area contributed by atoms with E-state index in [1.54, 1.807) is 20.8 Å². The van der Waals surface area contributed by atoms with Crippen LogP contribution >= 0.6 is 0 Å². The van der Waals surface area contributed by atoms with Gasteiger partial charge in [-0.3, -0.25) is 0 Å². The highest BCUT2D eigenvalue weighted by molar-refractivity contribution is 6.00. The van der Waals surface area contributed by atoms with Crippen LogP contribution in [-0.4, -0.2) is 17.2 Å². The minimum absolute atomic E-state index is 0.181. The fraction of sp³-hybridized carbons (Fsp3) is 0.600. The second-order valence-corrected chi connectivity index (χ2v) is 3.70. The number of aliphatic imine (C=N–C) groups is 2. The summed E-state index contributed by atoms with van der Waals surface area (Å²) >= 11 is 0. The molecule has 0 heterocycles. The topological polar surface area (TPSA) is 24.7 Å². The molecule has 0 aromatic heterocycles. The van der Waals surface area contributed by atoms with Crippen LogP contribution in [-0.2, 0) is 0 Å². The quantitative estimate of drug-likeness (QED) is 0.465. The third-order valence-corrected chi connectivity index (χ3v) is 1.16. The molecule has 0 spiro atoms. The smallest absolute Gasteiger partial charge is 0.165 e. The molecule has 0 bridgehead atoms. The van der Waals surface area contributed by atoms with Crippen molar-refractivity contribution in [2.24, 2.45) is 9.98 Å². The van der Waals surface area contributed by atoms with Crippen molar-refractivity contribution in [1.29, 1.82) is 0 Å². The van der Waals surface area contributed by atoms with Gasteiger partial charge in [0, 0.05) is 11.4 Å². The summed E-state index contributed by atoms with van der Waals surface area (Å²) < 4.78 is 13.5. The summed E-state index contributed by atoms with van der Waals surface area (Å²) in [6, 6.07) is 0. The Morgan fingerprint density at radius 3 is 1.85 bits per heavy atom. The van der Waals surface area contributed by atoms with Crippen LogP contribution < -0.4 is 0 Å². The highest BCUT2D eigenvalue weighted by Gasteiger charge is 2.23. The summed E-state index contributed by atoms with van der Waals surface area (Å²) in [5, 5.41) is 0. The molecule has 0 rings (SSSR count). The Morgan fingerprint density at radius 2 is 1.62 bits per heavy atom. The summed E-state index contributed by atoms with van der Waals surface area (Å²) in [6.07, 6.45) is 0. The fourth-order valence-electron chi connectivity index (χ4n) is 0.683. The van der Waals surface area contributed by atoms with E-state index in [0.29, 0.717) is 5.70 Å². The Bertz CT molecular complexity index is 253. The maximum absolute atomic E-state index is 13.5. The van der Waals surface area contributed by atoms with Gasteiger partial charge in [-0.2, -0.15) is 0 Å². The summed E-state index contributed by atoms with van der Waals surface area (Å²) in [6.45, 7) is 11.8. The van der Waals surface area contributed by atoms with Crippen LogP contribution in [0.15, 0.2) is 22.3 Å². The molecule has 0 saturated carbocycles. The van der Waals surface area contributed by atoms with Crippen LogP contribution in [0.2, 0.25) is 0 Å². The molecule has 74 valence electrons. The predicted octanol–water partition coefficient (Wildman–Crippen LogP) is 3.15. The number of hydrogen-bond acceptors (Lipinski definition) is 1. The molecule has 0 aliphatic rings. The van der Waals surface area contributed by atoms with E-state index < -0.39 is 5.67 Å². The van der Waals surface area contributed by atoms with Gasteiger partial charge in [0.25, 0.3) is 0 Å². The van der Waals surface area contributed by atoms with Crippen molar-refractivity contribution in [3.8, 4) is 0 Å². The second kappa shape index (κ2) is 4.30. The molecule has 0 N–H and O–H groups in total. The van der Waals surface area contributed by atoms with Gasteiger partial charge in [0.05, 0.1) is 0 Å². The van der Waals surface area contributed by atoms with Gasteiger partial charge in [0.1, 0.15) is 0 Å². The first-order valence-corrected chi connectivity index (χ1v) is 4.19. The van der Waals surface area contributed by atoms with Crippen molar-refractivity contribution in [3.05, 3.63) is 12.3 Å². The number of allylic oxidation sites excluding steroid dienone is 1. The van der Waals surface area contributed by atoms with E-state index in [4.69, 9.17) is 0 Å². The zero-order valence-corrected chi connectivity index (χ0v) is 8.98. The van der Waals surface area contributed by atoms with Gasteiger partial charge < -0.3 is 0 Å². The third-order valence-electron chi connectivity index (χ3n) is 1.16. The number of nitrogens with zero attached hydrogens (tertiary/aromatic N) is 2. The van der Waals surface area contributed by atoms with E-state index in [1.807, 2.05) is 0 Å². The van der Waals surface area contributed by atoms with Gasteiger partial charge in [-0.25, -0.2) is 14.4 Å². The van der Waals surface area contributed by atoms with E-state index in [-0.39, 0.29) is 5.84 Å². The van der Waals surface area contributed by atoms with Crippen molar-refractivity contribution in [2.75, 3.05) is 0 Å². The molecule has 0 unspecified atom stereocenters. The predicted molar refractivity (Wildman–Crippen MR) is 56.2 cm³/mol. The normalized spacial score (nSPS) is 12.6. The number of alkyl halides is 1. The molecule has 0 radical (unpaired) electrons. The number of halogens is 1. The lowest BCUT2D eigenvalue weighted by Gasteiger charge is -2.13. The lowest BCUT2D eigenvalue weighted by atomic mass is 10.1. The molecule has 0 aliphatic heterocycles. The molecule has 0 aliphatic carbocycles. The first kappa shape index (κ1) is 12.0. The third kappa shape index (κ3) is 5.28. The van der Waals surface area contributed by atoms with E-state index in [0.717, 1.165) is 5.71 Å². The summed E-state index contributed by atoms with van der Waals surface area (Å²) in [5.41, 5.74) is -0.174. The van der Waals surface area contributed by atoms with Crippen molar-refractivity contribution < 1.29 is 4.39 Å². The van der Waals surface area contributed by atoms with Crippen molar-refractivity contribution in [2.45, 2.75) is 40.3 Å². The van der Waals surface area contributed by atoms with Crippen LogP contribution in [0.4, 0.5) is 4.39 Å². The van der Waals surface area contributed by atoms with Gasteiger partial charge in [0.15, 0.2) is 11.5 Å². The lowest BCUT2D eigenvalue weighted by molar-refractivity contribution is 0.311. The van der Waals surface area contributed by atoms with E-state index >= 15 is 0 Å². The summed E-state index contributed by atoms with van der Waals surface area (Å²) in [4.78, 5) is 7.97. The standard InChI is InChI=1S/C10H17FN2/c1-7(2)12-9(10(5,6)11)13-8(3)4/h1H2,2-6H3. The monoisotopic (exact) mass is 184 g/mol. The Morgan fingerprint density at radius 1 is 1.15 bits per heavy atom. The number of hydrogen-bond donors (Lipinski definition) is 0. The second-order valence-electron chi connectivity index (χ2n) is 3.70. The molecule has 2 nitrogen and oxygen atoms in total. The largest absolute Gasteiger partial charge is 0.240 e. The Kier molecular flexibility index (Phi) is 3.98. The Labute approximate surface area is 79.3 Å². The molecule has 0 amide bonds. The Hall–Kier alpha value is -0.990. The van der Waals surface area contributed by atoms with Crippen LogP contribution in [0.1, 0.15) is 34.6 Å². The average Bonchev–Trinajstić information content (AvgIpc) is 1.81. The number of rotatable bonds is 2. The highest BCUT2D eigenvalue weighted by Crippen LogP contribution is 2.14. The van der Waals surface area contributed by atoms with Gasteiger partial charge in [-0.15, -0.1) is 0 Å². The van der Waals surface area contributed by atoms with Crippen LogP contribution in [0.25, 0.3) is 0 Å². The molecule has 3 heteroatoms. The molecule has 0 saturated heterocycles. The van der Waals surface area contributed by atoms with Crippen molar-refractivity contribution in [3.63, 3.8) is 0 Å². The summed E-state index contributed by atoms with van der Waals surface area (Å²) in [7, 11) is 0. The molecule has 0 aromatic carbocycles. The van der Waals surface area contributed by atoms with E-state index in [1.165, 1.54) is 13.8 Å². The first-order chi connectivity index (χ1) is 5.73. The molecule has 13 heavy (non-hydrogen) atoms. The zero-order chi connectivity index (χ0) is 10.6. The minimum atomic E-state index is -1.52. The number of amidine groups is 1. The van der Waals surface area contributed by atoms with Crippen LogP contribution in [0.5, 0.6) is 0 Å². The van der Waals surface area contributed by atoms with Crippen LogP contribution in [0.3, 0.4) is 0 Å². The van der Waals surface area contributed by atoms with E-state index in [2.05, 4.69) is 16.6 Å². The molecular weight excluding hydrogens is 167 g/mol. The molecule has 0 aromatic rings. The van der Waals surface area contributed by atoms with Crippen LogP contribution in [0, 0.1) is 0 Å². The Balaban J connectivity index is 5.00. The maximum atomic E-state index is 13.5. The van der Waals surface area contributed by atoms with E-state index in [9.17, 15) is 4.39 Å². The zero-order valence-electron chi connectivity index (χ0n) is 8.98. The van der Waals surface area contributed by atoms with Gasteiger partial charge >= 0.3 is 0 Å². The first-order valence-electron chi connectivity index (χ1n) is 4.19. The summed E-state index contributed by atoms with van der Waals surface area (Å²) in [5.74, 6) is 0.181. The van der Waals surface area contributed by atoms with Gasteiger partial charge in [-0.05, 0) is 34.6 Å². The lowest BCUT2D eigenvalue weighted by Crippen LogP contribution is -2.25. The SMILES string of the molecule is C=C(C)N=C(N=C(C)C)C(C)(C)F. The van der Waals surface area contributed by atoms with Gasteiger partial charge in [-0.1, -0.05) is 6.58 Å². The molecular formula is C10H17FN2. The highest BCUT2D eigenvalue weighted by atomic mass is 19.1. The average molecular weight is 184 g/mol. The van der Waals surface area contributed by atoms with Gasteiger partial charge in [0.2, 0.25) is 0 Å². The fourth-order valence-corrected chi connectivity index (χ4v) is 0.683. The van der Waals surface area contributed by atoms with Crippen molar-refractivity contribution in [1.82, 2.24) is 0 Å². The molecule has 0 fully saturated rings. The molecule has 0 atom stereocenters. The minimum Gasteiger partial charge on any atom is -0.240 e. The van der Waals surface area contributed by atoms with Crippen molar-refractivity contribution >= 4 is 11.5 Å².